The highest BCUT2D eigenvalue weighted by Gasteiger charge is 2.34. The Morgan fingerprint density at radius 3 is 2.02 bits per heavy atom. The maximum absolute atomic E-state index is 13.2. The number of carbonyl (C=O) groups is 5. The molecule has 0 spiro atoms. The maximum atomic E-state index is 13.2. The molecule has 0 atom stereocenters. The Kier molecular flexibility index (Phi) is 12.9. The van der Waals surface area contributed by atoms with Crippen molar-refractivity contribution < 1.29 is 51.4 Å². The van der Waals surface area contributed by atoms with Crippen molar-refractivity contribution in [2.75, 3.05) is 32.6 Å². The van der Waals surface area contributed by atoms with Gasteiger partial charge in [-0.15, -0.1) is 0 Å². The molecule has 0 unspecified atom stereocenters. The number of hydrogen-bond donors (Lipinski definition) is 1. The van der Waals surface area contributed by atoms with Crippen LogP contribution < -0.4 is 5.32 Å². The molecule has 0 fully saturated rings. The molecule has 3 aromatic rings. The van der Waals surface area contributed by atoms with Crippen LogP contribution in [0.25, 0.3) is 0 Å². The van der Waals surface area contributed by atoms with Gasteiger partial charge in [0.25, 0.3) is 11.8 Å². The topological polar surface area (TPSA) is 128 Å². The number of nitrogens with one attached hydrogen (secondary N) is 1. The van der Waals surface area contributed by atoms with Gasteiger partial charge in [0.1, 0.15) is 6.61 Å². The zero-order valence-corrected chi connectivity index (χ0v) is 27.2. The normalized spacial score (nSPS) is 11.1. The Labute approximate surface area is 276 Å². The number of amides is 2. The van der Waals surface area contributed by atoms with E-state index in [0.29, 0.717) is 11.1 Å². The third-order valence-corrected chi connectivity index (χ3v) is 7.17. The van der Waals surface area contributed by atoms with Crippen molar-refractivity contribution in [3.05, 3.63) is 99.6 Å². The fraction of sp³-hybridized carbons (Fsp3) is 0.343. The molecule has 0 radical (unpaired) electrons. The number of hydrogen-bond acceptors (Lipinski definition) is 8. The lowest BCUT2D eigenvalue weighted by molar-refractivity contribution is -0.157. The average Bonchev–Trinajstić information content (AvgIpc) is 3.04. The molecule has 2 amide bonds. The van der Waals surface area contributed by atoms with Gasteiger partial charge in [0.2, 0.25) is 0 Å². The number of benzene rings is 3. The van der Waals surface area contributed by atoms with Gasteiger partial charge < -0.3 is 24.4 Å². The number of esters is 3. The van der Waals surface area contributed by atoms with E-state index in [0.717, 1.165) is 18.2 Å². The van der Waals surface area contributed by atoms with E-state index in [2.05, 4.69) is 5.32 Å². The molecule has 0 saturated carbocycles. The Hall–Kier alpha value is -5.20. The first-order chi connectivity index (χ1) is 22.7. The average molecular weight is 671 g/mol. The lowest BCUT2D eigenvalue weighted by Gasteiger charge is -2.18. The summed E-state index contributed by atoms with van der Waals surface area (Å²) in [5.74, 6) is -4.87. The predicted octanol–water partition coefficient (Wildman–Crippen LogP) is 5.72. The highest BCUT2D eigenvalue weighted by molar-refractivity contribution is 6.09. The van der Waals surface area contributed by atoms with Crippen LogP contribution in [-0.4, -0.2) is 61.9 Å². The van der Waals surface area contributed by atoms with Crippen LogP contribution in [-0.2, 0) is 54.2 Å². The number of rotatable bonds is 13. The van der Waals surface area contributed by atoms with E-state index in [-0.39, 0.29) is 60.6 Å². The summed E-state index contributed by atoms with van der Waals surface area (Å²) in [5, 5.41) is 2.62. The summed E-state index contributed by atoms with van der Waals surface area (Å²) < 4.78 is 55.3. The van der Waals surface area contributed by atoms with E-state index in [9.17, 15) is 37.1 Å². The largest absolute Gasteiger partial charge is 0.465 e. The number of aryl methyl sites for hydroxylation is 1. The molecule has 10 nitrogen and oxygen atoms in total. The quantitative estimate of drug-likeness (QED) is 0.139. The first kappa shape index (κ1) is 37.3. The van der Waals surface area contributed by atoms with Crippen LogP contribution in [0.4, 0.5) is 18.9 Å². The van der Waals surface area contributed by atoms with Crippen LogP contribution in [0.15, 0.2) is 60.7 Å². The molecule has 0 heterocycles. The highest BCUT2D eigenvalue weighted by Crippen LogP contribution is 2.31. The lowest BCUT2D eigenvalue weighted by Crippen LogP contribution is -2.27. The summed E-state index contributed by atoms with van der Waals surface area (Å²) in [6, 6.07) is 13.6. The first-order valence-electron chi connectivity index (χ1n) is 15.1. The van der Waals surface area contributed by atoms with Crippen molar-refractivity contribution in [2.45, 2.75) is 52.3 Å². The van der Waals surface area contributed by atoms with Gasteiger partial charge in [-0.05, 0) is 72.9 Å². The zero-order chi connectivity index (χ0) is 35.6. The second-order valence-corrected chi connectivity index (χ2v) is 10.7. The van der Waals surface area contributed by atoms with Crippen molar-refractivity contribution >= 4 is 35.4 Å². The standard InChI is InChI=1S/C35H37F3N2O8/c1-6-22-19-24(35(36,37)38)14-15-26(22)31(42)39-28-16-13-21(17-27(28)32(43)40(4)5)18-29(41)48-20-23-11-9-10-12-25(23)30(33(44)46-7-2)34(45)47-8-3/h9-17,19,30H,6-8,18,20H2,1-5H3,(H,39,42). The first-order valence-corrected chi connectivity index (χ1v) is 15.1. The second kappa shape index (κ2) is 16.6. The van der Waals surface area contributed by atoms with E-state index >= 15 is 0 Å². The number of carbonyl (C=O) groups excluding carboxylic acids is 5. The molecular weight excluding hydrogens is 633 g/mol. The molecule has 0 aliphatic carbocycles. The van der Waals surface area contributed by atoms with Gasteiger partial charge in [0, 0.05) is 19.7 Å². The minimum Gasteiger partial charge on any atom is -0.465 e. The summed E-state index contributed by atoms with van der Waals surface area (Å²) in [5.41, 5.74) is 0.479. The smallest absolute Gasteiger partial charge is 0.416 e. The van der Waals surface area contributed by atoms with Gasteiger partial charge >= 0.3 is 24.1 Å². The number of anilines is 1. The van der Waals surface area contributed by atoms with Crippen molar-refractivity contribution in [2.24, 2.45) is 0 Å². The van der Waals surface area contributed by atoms with E-state index in [1.807, 2.05) is 0 Å². The fourth-order valence-corrected chi connectivity index (χ4v) is 4.83. The third-order valence-electron chi connectivity index (χ3n) is 7.17. The SMILES string of the molecule is CCOC(=O)C(C(=O)OCC)c1ccccc1COC(=O)Cc1ccc(NC(=O)c2ccc(C(F)(F)F)cc2CC)c(C(=O)N(C)C)c1. The number of alkyl halides is 3. The van der Waals surface area contributed by atoms with Crippen molar-refractivity contribution in [3.8, 4) is 0 Å². The molecule has 48 heavy (non-hydrogen) atoms. The number of ether oxygens (including phenoxy) is 3. The van der Waals surface area contributed by atoms with E-state index in [1.54, 1.807) is 45.0 Å². The van der Waals surface area contributed by atoms with Crippen molar-refractivity contribution in [1.29, 1.82) is 0 Å². The summed E-state index contributed by atoms with van der Waals surface area (Å²) in [6.45, 7) is 4.64. The minimum atomic E-state index is -4.57. The van der Waals surface area contributed by atoms with E-state index in [1.165, 1.54) is 37.2 Å². The van der Waals surface area contributed by atoms with Crippen LogP contribution in [0.3, 0.4) is 0 Å². The third kappa shape index (κ3) is 9.43. The minimum absolute atomic E-state index is 0.0230. The van der Waals surface area contributed by atoms with Gasteiger partial charge in [0.15, 0.2) is 5.92 Å². The molecule has 13 heteroatoms. The van der Waals surface area contributed by atoms with Gasteiger partial charge in [-0.2, -0.15) is 13.2 Å². The summed E-state index contributed by atoms with van der Waals surface area (Å²) >= 11 is 0. The van der Waals surface area contributed by atoms with Crippen LogP contribution in [0, 0.1) is 0 Å². The van der Waals surface area contributed by atoms with Gasteiger partial charge in [-0.25, -0.2) is 0 Å². The van der Waals surface area contributed by atoms with Gasteiger partial charge in [0.05, 0.1) is 36.4 Å². The number of halogens is 3. The lowest BCUT2D eigenvalue weighted by atomic mass is 9.94. The van der Waals surface area contributed by atoms with Crippen LogP contribution in [0.1, 0.15) is 75.2 Å². The monoisotopic (exact) mass is 670 g/mol. The molecule has 3 aromatic carbocycles. The summed E-state index contributed by atoms with van der Waals surface area (Å²) in [7, 11) is 2.99. The summed E-state index contributed by atoms with van der Waals surface area (Å²) in [6.07, 6.45) is -4.69. The van der Waals surface area contributed by atoms with Gasteiger partial charge in [-0.1, -0.05) is 37.3 Å². The molecule has 0 aliphatic heterocycles. The van der Waals surface area contributed by atoms with Crippen LogP contribution >= 0.6 is 0 Å². The molecule has 0 bridgehead atoms. The Morgan fingerprint density at radius 1 is 0.792 bits per heavy atom. The number of nitrogens with zero attached hydrogens (tertiary/aromatic N) is 1. The molecule has 256 valence electrons. The highest BCUT2D eigenvalue weighted by atomic mass is 19.4. The molecular formula is C35H37F3N2O8. The fourth-order valence-electron chi connectivity index (χ4n) is 4.83. The van der Waals surface area contributed by atoms with Crippen LogP contribution in [0.5, 0.6) is 0 Å². The predicted molar refractivity (Wildman–Crippen MR) is 169 cm³/mol. The Bertz CT molecular complexity index is 1650. The molecule has 0 saturated heterocycles. The molecule has 0 aliphatic rings. The van der Waals surface area contributed by atoms with Crippen LogP contribution in [0.2, 0.25) is 0 Å². The zero-order valence-electron chi connectivity index (χ0n) is 27.2. The van der Waals surface area contributed by atoms with E-state index < -0.39 is 47.4 Å². The second-order valence-electron chi connectivity index (χ2n) is 10.7. The van der Waals surface area contributed by atoms with Gasteiger partial charge in [-0.3, -0.25) is 24.0 Å². The van der Waals surface area contributed by atoms with Crippen molar-refractivity contribution in [3.63, 3.8) is 0 Å². The molecule has 1 N–H and O–H groups in total. The van der Waals surface area contributed by atoms with E-state index in [4.69, 9.17) is 14.2 Å². The molecule has 3 rings (SSSR count). The van der Waals surface area contributed by atoms with Crippen molar-refractivity contribution in [1.82, 2.24) is 4.90 Å². The summed E-state index contributed by atoms with van der Waals surface area (Å²) in [4.78, 5) is 65.7. The maximum Gasteiger partial charge on any atom is 0.416 e. The Morgan fingerprint density at radius 2 is 1.44 bits per heavy atom. The molecule has 0 aromatic heterocycles. The Balaban J connectivity index is 1.82.